The van der Waals surface area contributed by atoms with Crippen molar-refractivity contribution in [3.63, 3.8) is 0 Å². The Morgan fingerprint density at radius 1 is 1.16 bits per heavy atom. The van der Waals surface area contributed by atoms with Gasteiger partial charge in [-0.3, -0.25) is 14.5 Å². The molecule has 2 fully saturated rings. The molecule has 0 radical (unpaired) electrons. The number of anilines is 1. The highest BCUT2D eigenvalue weighted by molar-refractivity contribution is 7.82. The summed E-state index contributed by atoms with van der Waals surface area (Å²) in [5.74, 6) is 1.75. The number of rotatable bonds is 11. The Hall–Kier alpha value is -3.32. The average Bonchev–Trinajstić information content (AvgIpc) is 3.36. The highest BCUT2D eigenvalue weighted by Gasteiger charge is 2.26. The average molecular weight is 624 g/mol. The third-order valence-corrected chi connectivity index (χ3v) is 10.2. The van der Waals surface area contributed by atoms with Gasteiger partial charge in [-0.25, -0.2) is 13.3 Å². The van der Waals surface area contributed by atoms with Gasteiger partial charge in [-0.05, 0) is 87.5 Å². The van der Waals surface area contributed by atoms with Crippen LogP contribution in [0.4, 0.5) is 10.6 Å². The zero-order chi connectivity index (χ0) is 31.2. The van der Waals surface area contributed by atoms with Gasteiger partial charge in [-0.15, -0.1) is 0 Å². The highest BCUT2D eigenvalue weighted by Crippen LogP contribution is 2.33. The van der Waals surface area contributed by atoms with E-state index in [9.17, 15) is 13.8 Å². The van der Waals surface area contributed by atoms with Crippen molar-refractivity contribution < 1.29 is 18.5 Å². The van der Waals surface area contributed by atoms with E-state index in [1.165, 1.54) is 10.5 Å². The summed E-state index contributed by atoms with van der Waals surface area (Å²) in [6.07, 6.45) is 4.88. The Bertz CT molecular complexity index is 1460. The number of hydrogen-bond donors (Lipinski definition) is 2. The maximum absolute atomic E-state index is 13.1. The second-order valence-electron chi connectivity index (χ2n) is 11.9. The van der Waals surface area contributed by atoms with Crippen molar-refractivity contribution in [1.82, 2.24) is 24.3 Å². The van der Waals surface area contributed by atoms with Crippen molar-refractivity contribution in [1.29, 1.82) is 0 Å². The molecular weight excluding hydrogens is 578 g/mol. The number of aryl methyl sites for hydroxylation is 1. The van der Waals surface area contributed by atoms with Crippen LogP contribution in [-0.4, -0.2) is 94.0 Å². The molecule has 11 nitrogen and oxygen atoms in total. The molecule has 3 N–H and O–H groups in total. The first kappa shape index (κ1) is 32.1. The van der Waals surface area contributed by atoms with Crippen LogP contribution >= 0.6 is 0 Å². The molecule has 2 aliphatic heterocycles. The number of carbonyl (C=O) groups is 2. The first-order valence-electron chi connectivity index (χ1n) is 15.6. The molecule has 44 heavy (non-hydrogen) atoms. The molecule has 3 aromatic rings. The largest absolute Gasteiger partial charge is 0.489 e. The van der Waals surface area contributed by atoms with Crippen LogP contribution in [0.2, 0.25) is 0 Å². The van der Waals surface area contributed by atoms with E-state index < -0.39 is 11.0 Å². The molecule has 2 amide bonds. The molecule has 2 aromatic carbocycles. The Balaban J connectivity index is 1.16. The summed E-state index contributed by atoms with van der Waals surface area (Å²) in [5, 5.41) is 8.18. The van der Waals surface area contributed by atoms with Gasteiger partial charge in [0.1, 0.15) is 29.1 Å². The van der Waals surface area contributed by atoms with Crippen molar-refractivity contribution in [2.45, 2.75) is 62.0 Å². The summed E-state index contributed by atoms with van der Waals surface area (Å²) in [5.41, 5.74) is 8.26. The number of nitrogens with one attached hydrogen (secondary N) is 1. The van der Waals surface area contributed by atoms with Crippen molar-refractivity contribution >= 4 is 40.0 Å². The van der Waals surface area contributed by atoms with Crippen LogP contribution in [-0.2, 0) is 22.8 Å². The second kappa shape index (κ2) is 14.6. The second-order valence-corrected chi connectivity index (χ2v) is 13.4. The quantitative estimate of drug-likeness (QED) is 0.314. The summed E-state index contributed by atoms with van der Waals surface area (Å²) in [6, 6.07) is 14.0. The predicted octanol–water partition coefficient (Wildman–Crippen LogP) is 3.40. The van der Waals surface area contributed by atoms with Gasteiger partial charge in [-0.2, -0.15) is 5.10 Å². The minimum Gasteiger partial charge on any atom is -0.489 e. The number of ether oxygens (including phenoxy) is 1. The molecule has 0 bridgehead atoms. The Labute approximate surface area is 262 Å². The summed E-state index contributed by atoms with van der Waals surface area (Å²) in [4.78, 5) is 28.3. The lowest BCUT2D eigenvalue weighted by Gasteiger charge is -2.33. The molecule has 2 aliphatic rings. The number of likely N-dealkylation sites (tertiary alicyclic amines) is 1. The lowest BCUT2D eigenvalue weighted by molar-refractivity contribution is -0.107. The van der Waals surface area contributed by atoms with E-state index in [1.54, 1.807) is 7.05 Å². The molecule has 2 saturated heterocycles. The van der Waals surface area contributed by atoms with Crippen molar-refractivity contribution in [3.8, 4) is 5.75 Å². The third-order valence-electron chi connectivity index (χ3n) is 8.69. The number of hydrogen-bond acceptors (Lipinski definition) is 7. The van der Waals surface area contributed by atoms with Crippen molar-refractivity contribution in [3.05, 3.63) is 48.0 Å². The molecule has 238 valence electrons. The van der Waals surface area contributed by atoms with Crippen molar-refractivity contribution in [2.24, 2.45) is 12.8 Å². The van der Waals surface area contributed by atoms with E-state index in [4.69, 9.17) is 10.5 Å². The number of urea groups is 1. The molecule has 0 aliphatic carbocycles. The van der Waals surface area contributed by atoms with Gasteiger partial charge in [0.15, 0.2) is 5.82 Å². The number of fused-ring (bicyclic) bond motifs is 1. The van der Waals surface area contributed by atoms with Crippen LogP contribution in [0.25, 0.3) is 10.9 Å². The predicted molar refractivity (Wildman–Crippen MR) is 173 cm³/mol. The minimum atomic E-state index is -1.21. The maximum atomic E-state index is 13.1. The molecule has 0 spiro atoms. The van der Waals surface area contributed by atoms with Crippen LogP contribution in [0.1, 0.15) is 50.5 Å². The van der Waals surface area contributed by atoms with Crippen molar-refractivity contribution in [2.75, 3.05) is 51.2 Å². The lowest BCUT2D eigenvalue weighted by atomic mass is 9.89. The number of benzene rings is 2. The van der Waals surface area contributed by atoms with Gasteiger partial charge >= 0.3 is 6.03 Å². The van der Waals surface area contributed by atoms with Crippen LogP contribution in [0.3, 0.4) is 0 Å². The number of aldehydes is 1. The summed E-state index contributed by atoms with van der Waals surface area (Å²) >= 11 is 0. The fraction of sp³-hybridized carbons (Fsp3) is 0.531. The summed E-state index contributed by atoms with van der Waals surface area (Å²) < 4.78 is 23.2. The molecule has 5 rings (SSSR count). The molecule has 12 heteroatoms. The number of nitrogens with zero attached hydrogens (tertiary/aromatic N) is 5. The van der Waals surface area contributed by atoms with E-state index in [0.29, 0.717) is 11.7 Å². The van der Waals surface area contributed by atoms with Gasteiger partial charge in [0.2, 0.25) is 0 Å². The van der Waals surface area contributed by atoms with Gasteiger partial charge in [-0.1, -0.05) is 12.1 Å². The standard InChI is InChI=1S/C32H45N7O4S/c1-23(43-27-6-4-7-28(21-27)44(42)38-17-12-26(33)13-18-38)22-37-15-10-24(11-16-37)25-8-9-29-30(20-25)36(3)35-31(29)39(14-5-19-40)32(41)34-2/h4,6-9,19-21,23-24,26H,5,10-18,22,33H2,1-3H3,(H,34,41). The maximum Gasteiger partial charge on any atom is 0.322 e. The van der Waals surface area contributed by atoms with E-state index in [0.717, 1.165) is 86.2 Å². The topological polar surface area (TPSA) is 126 Å². The zero-order valence-corrected chi connectivity index (χ0v) is 26.8. The fourth-order valence-corrected chi connectivity index (χ4v) is 7.51. The van der Waals surface area contributed by atoms with Gasteiger partial charge in [0.05, 0.1) is 10.4 Å². The number of carbonyl (C=O) groups excluding carboxylic acids is 2. The molecule has 1 aromatic heterocycles. The number of aromatic nitrogens is 2. The third kappa shape index (κ3) is 7.48. The van der Waals surface area contributed by atoms with Gasteiger partial charge in [0, 0.05) is 58.1 Å². The number of piperidine rings is 2. The molecular formula is C32H45N7O4S. The number of nitrogens with two attached hydrogens (primary N) is 1. The Morgan fingerprint density at radius 3 is 2.61 bits per heavy atom. The fourth-order valence-electron chi connectivity index (χ4n) is 6.26. The molecule has 2 unspecified atom stereocenters. The molecule has 3 heterocycles. The monoisotopic (exact) mass is 623 g/mol. The summed E-state index contributed by atoms with van der Waals surface area (Å²) in [6.45, 7) is 6.64. The van der Waals surface area contributed by atoms with E-state index >= 15 is 0 Å². The lowest BCUT2D eigenvalue weighted by Crippen LogP contribution is -2.40. The van der Waals surface area contributed by atoms with Crippen LogP contribution in [0.15, 0.2) is 47.4 Å². The normalized spacial score (nSPS) is 18.6. The summed E-state index contributed by atoms with van der Waals surface area (Å²) in [7, 11) is 2.26. The van der Waals surface area contributed by atoms with E-state index in [1.807, 2.05) is 46.4 Å². The number of amides is 2. The smallest absolute Gasteiger partial charge is 0.322 e. The molecule has 2 atom stereocenters. The highest BCUT2D eigenvalue weighted by atomic mass is 32.2. The van der Waals surface area contributed by atoms with Gasteiger partial charge < -0.3 is 20.6 Å². The van der Waals surface area contributed by atoms with Crippen LogP contribution in [0.5, 0.6) is 5.75 Å². The molecule has 0 saturated carbocycles. The van der Waals surface area contributed by atoms with E-state index in [2.05, 4.69) is 34.4 Å². The SMILES string of the molecule is CNC(=O)N(CCC=O)c1nn(C)c2cc(C3CCN(CC(C)Oc4cccc(S(=O)N5CCC(N)CC5)c4)CC3)ccc12. The zero-order valence-electron chi connectivity index (χ0n) is 26.0. The minimum absolute atomic E-state index is 0.00471. The Morgan fingerprint density at radius 2 is 1.91 bits per heavy atom. The van der Waals surface area contributed by atoms with Crippen LogP contribution < -0.4 is 20.7 Å². The van der Waals surface area contributed by atoms with E-state index in [-0.39, 0.29) is 31.1 Å². The Kier molecular flexibility index (Phi) is 10.7. The first-order valence-corrected chi connectivity index (χ1v) is 16.7. The van der Waals surface area contributed by atoms with Crippen LogP contribution in [0, 0.1) is 0 Å². The first-order chi connectivity index (χ1) is 21.3. The van der Waals surface area contributed by atoms with Gasteiger partial charge in [0.25, 0.3) is 0 Å².